The Kier molecular flexibility index (Phi) is 5.56. The molecule has 2 aromatic heterocycles. The Hall–Kier alpha value is -6.65. The number of rotatable bonds is 4. The summed E-state index contributed by atoms with van der Waals surface area (Å²) in [6.07, 6.45) is 1.88. The highest BCUT2D eigenvalue weighted by molar-refractivity contribution is 6.19. The fraction of sp³-hybridized carbons (Fsp3) is 0.0217. The van der Waals surface area contributed by atoms with Crippen LogP contribution in [-0.2, 0) is 5.41 Å². The standard InChI is InChI=1S/C46H27N3O/c1-2-10-29(11-3-1)44-48-49-45(50-44)30-19-17-28(18-20-30)33-24-31-21-22-32-25-34(41-16-8-9-23-47-41)27-40-43(32)42(31)39(26-33)46(40)37-14-6-4-12-35(37)36-13-5-7-15-38(36)46/h1-27H. The van der Waals surface area contributed by atoms with Crippen LogP contribution in [-0.4, -0.2) is 15.2 Å². The van der Waals surface area contributed by atoms with Crippen LogP contribution in [0.2, 0.25) is 0 Å². The highest BCUT2D eigenvalue weighted by Gasteiger charge is 2.51. The number of fused-ring (bicyclic) bond motifs is 7. The Bertz CT molecular complexity index is 2760. The van der Waals surface area contributed by atoms with Crippen LogP contribution in [0.25, 0.3) is 78.0 Å². The van der Waals surface area contributed by atoms with Gasteiger partial charge in [0.05, 0.1) is 11.1 Å². The van der Waals surface area contributed by atoms with Crippen molar-refractivity contribution in [3.63, 3.8) is 0 Å². The number of hydrogen-bond donors (Lipinski definition) is 0. The summed E-state index contributed by atoms with van der Waals surface area (Å²) in [6, 6.07) is 56.5. The molecule has 0 radical (unpaired) electrons. The van der Waals surface area contributed by atoms with Crippen molar-refractivity contribution < 1.29 is 4.42 Å². The van der Waals surface area contributed by atoms with Crippen molar-refractivity contribution in [2.75, 3.05) is 0 Å². The van der Waals surface area contributed by atoms with Gasteiger partial charge in [0.2, 0.25) is 11.8 Å². The maximum Gasteiger partial charge on any atom is 0.248 e. The first-order chi connectivity index (χ1) is 24.8. The van der Waals surface area contributed by atoms with Crippen LogP contribution in [0.3, 0.4) is 0 Å². The predicted molar refractivity (Wildman–Crippen MR) is 200 cm³/mol. The summed E-state index contributed by atoms with van der Waals surface area (Å²) in [5.74, 6) is 1.02. The number of aromatic nitrogens is 3. The molecule has 1 spiro atoms. The molecule has 232 valence electrons. The first-order valence-electron chi connectivity index (χ1n) is 16.9. The van der Waals surface area contributed by atoms with Crippen molar-refractivity contribution in [3.8, 4) is 56.4 Å². The minimum absolute atomic E-state index is 0.467. The highest BCUT2D eigenvalue weighted by atomic mass is 16.4. The lowest BCUT2D eigenvalue weighted by atomic mass is 9.69. The summed E-state index contributed by atoms with van der Waals surface area (Å²) in [7, 11) is 0. The van der Waals surface area contributed by atoms with Gasteiger partial charge in [-0.1, -0.05) is 97.1 Å². The molecule has 0 aliphatic heterocycles. The van der Waals surface area contributed by atoms with E-state index < -0.39 is 5.41 Å². The molecule has 4 nitrogen and oxygen atoms in total. The highest BCUT2D eigenvalue weighted by Crippen LogP contribution is 2.63. The normalized spacial score (nSPS) is 13.4. The molecule has 7 aromatic carbocycles. The van der Waals surface area contributed by atoms with Crippen molar-refractivity contribution >= 4 is 21.5 Å². The Morgan fingerprint density at radius 3 is 1.58 bits per heavy atom. The fourth-order valence-corrected chi connectivity index (χ4v) is 8.57. The molecular formula is C46H27N3O. The van der Waals surface area contributed by atoms with Gasteiger partial charge < -0.3 is 4.42 Å². The Morgan fingerprint density at radius 1 is 0.400 bits per heavy atom. The zero-order valence-electron chi connectivity index (χ0n) is 26.8. The van der Waals surface area contributed by atoms with Crippen molar-refractivity contribution in [2.24, 2.45) is 0 Å². The van der Waals surface area contributed by atoms with Gasteiger partial charge in [0.25, 0.3) is 0 Å². The number of benzene rings is 7. The van der Waals surface area contributed by atoms with Gasteiger partial charge in [-0.3, -0.25) is 4.98 Å². The fourth-order valence-electron chi connectivity index (χ4n) is 8.57. The van der Waals surface area contributed by atoms with Gasteiger partial charge in [0.1, 0.15) is 0 Å². The van der Waals surface area contributed by atoms with Gasteiger partial charge in [-0.2, -0.15) is 0 Å². The van der Waals surface area contributed by atoms with Crippen molar-refractivity contribution in [1.82, 2.24) is 15.2 Å². The molecule has 50 heavy (non-hydrogen) atoms. The zero-order chi connectivity index (χ0) is 32.8. The van der Waals surface area contributed by atoms with Crippen molar-refractivity contribution in [1.29, 1.82) is 0 Å². The van der Waals surface area contributed by atoms with Gasteiger partial charge in [-0.05, 0) is 127 Å². The van der Waals surface area contributed by atoms with Crippen LogP contribution in [0.4, 0.5) is 0 Å². The van der Waals surface area contributed by atoms with Crippen LogP contribution in [0.5, 0.6) is 0 Å². The molecule has 0 N–H and O–H groups in total. The molecule has 2 heterocycles. The molecule has 9 aromatic rings. The van der Waals surface area contributed by atoms with E-state index in [1.807, 2.05) is 42.6 Å². The molecule has 0 saturated carbocycles. The first-order valence-corrected chi connectivity index (χ1v) is 16.9. The van der Waals surface area contributed by atoms with Gasteiger partial charge in [0.15, 0.2) is 0 Å². The van der Waals surface area contributed by atoms with Crippen LogP contribution in [0.1, 0.15) is 22.3 Å². The van der Waals surface area contributed by atoms with Gasteiger partial charge >= 0.3 is 0 Å². The van der Waals surface area contributed by atoms with Gasteiger partial charge in [-0.15, -0.1) is 10.2 Å². The molecule has 11 rings (SSSR count). The minimum atomic E-state index is -0.467. The second kappa shape index (κ2) is 10.2. The van der Waals surface area contributed by atoms with E-state index in [-0.39, 0.29) is 0 Å². The van der Waals surface area contributed by atoms with E-state index >= 15 is 0 Å². The summed E-state index contributed by atoms with van der Waals surface area (Å²) >= 11 is 0. The number of pyridine rings is 1. The quantitative estimate of drug-likeness (QED) is 0.180. The third kappa shape index (κ3) is 3.67. The third-order valence-corrected chi connectivity index (χ3v) is 10.7. The van der Waals surface area contributed by atoms with Crippen LogP contribution >= 0.6 is 0 Å². The lowest BCUT2D eigenvalue weighted by Gasteiger charge is -2.31. The van der Waals surface area contributed by atoms with E-state index in [1.54, 1.807) is 0 Å². The molecule has 2 aliphatic rings. The summed E-state index contributed by atoms with van der Waals surface area (Å²) in [5.41, 5.74) is 13.7. The zero-order valence-corrected chi connectivity index (χ0v) is 26.8. The minimum Gasteiger partial charge on any atom is -0.416 e. The smallest absolute Gasteiger partial charge is 0.248 e. The summed E-state index contributed by atoms with van der Waals surface area (Å²) in [5, 5.41) is 13.8. The first kappa shape index (κ1) is 27.3. The molecule has 0 unspecified atom stereocenters. The second-order valence-electron chi connectivity index (χ2n) is 13.2. The SMILES string of the molecule is c1ccc(-c2nnc(-c3ccc(-c4cc5c6c(ccc7cc(-c8ccccn8)cc(c76)C56c5ccccc5-c5ccccc56)c4)cc3)o2)cc1. The Morgan fingerprint density at radius 2 is 0.940 bits per heavy atom. The number of nitrogens with zero attached hydrogens (tertiary/aromatic N) is 3. The van der Waals surface area contributed by atoms with E-state index in [4.69, 9.17) is 9.40 Å². The lowest BCUT2D eigenvalue weighted by molar-refractivity contribution is 0.584. The predicted octanol–water partition coefficient (Wildman–Crippen LogP) is 11.1. The summed E-state index contributed by atoms with van der Waals surface area (Å²) < 4.78 is 6.08. The largest absolute Gasteiger partial charge is 0.416 e. The Balaban J connectivity index is 1.13. The number of hydrogen-bond acceptors (Lipinski definition) is 4. The van der Waals surface area contributed by atoms with Gasteiger partial charge in [0, 0.05) is 22.9 Å². The van der Waals surface area contributed by atoms with E-state index in [2.05, 4.69) is 132 Å². The molecule has 0 saturated heterocycles. The molecule has 0 fully saturated rings. The molecule has 0 amide bonds. The average molecular weight is 638 g/mol. The van der Waals surface area contributed by atoms with Gasteiger partial charge in [-0.25, -0.2) is 0 Å². The van der Waals surface area contributed by atoms with Crippen molar-refractivity contribution in [2.45, 2.75) is 5.41 Å². The third-order valence-electron chi connectivity index (χ3n) is 10.7. The lowest BCUT2D eigenvalue weighted by Crippen LogP contribution is -2.26. The van der Waals surface area contributed by atoms with Crippen LogP contribution in [0, 0.1) is 0 Å². The van der Waals surface area contributed by atoms with E-state index in [9.17, 15) is 0 Å². The summed E-state index contributed by atoms with van der Waals surface area (Å²) in [6.45, 7) is 0. The monoisotopic (exact) mass is 637 g/mol. The van der Waals surface area contributed by atoms with Crippen LogP contribution in [0.15, 0.2) is 168 Å². The molecule has 4 heteroatoms. The van der Waals surface area contributed by atoms with Crippen LogP contribution < -0.4 is 0 Å². The van der Waals surface area contributed by atoms with Crippen molar-refractivity contribution in [3.05, 3.63) is 186 Å². The molecule has 0 atom stereocenters. The van der Waals surface area contributed by atoms with E-state index in [0.717, 1.165) is 27.9 Å². The maximum absolute atomic E-state index is 6.08. The second-order valence-corrected chi connectivity index (χ2v) is 13.2. The average Bonchev–Trinajstić information content (AvgIpc) is 3.88. The van der Waals surface area contributed by atoms with E-state index in [0.29, 0.717) is 11.8 Å². The van der Waals surface area contributed by atoms with E-state index in [1.165, 1.54) is 60.5 Å². The molecular weight excluding hydrogens is 611 g/mol. The maximum atomic E-state index is 6.08. The Labute approximate surface area is 288 Å². The molecule has 0 bridgehead atoms. The molecule has 2 aliphatic carbocycles. The topological polar surface area (TPSA) is 51.8 Å². The summed E-state index contributed by atoms with van der Waals surface area (Å²) in [4.78, 5) is 4.78.